The normalized spacial score (nSPS) is 10.7. The summed E-state index contributed by atoms with van der Waals surface area (Å²) < 4.78 is 1.02. The highest BCUT2D eigenvalue weighted by atomic mass is 79.9. The molecule has 6 nitrogen and oxygen atoms in total. The van der Waals surface area contributed by atoms with Crippen LogP contribution in [0.5, 0.6) is 0 Å². The molecule has 122 valence electrons. The molecule has 2 aromatic rings. The summed E-state index contributed by atoms with van der Waals surface area (Å²) in [5.41, 5.74) is 2.35. The van der Waals surface area contributed by atoms with Crippen LogP contribution in [0.25, 0.3) is 0 Å². The topological polar surface area (TPSA) is 70.2 Å². The summed E-state index contributed by atoms with van der Waals surface area (Å²) in [7, 11) is 3.91. The minimum Gasteiger partial charge on any atom is -0.349 e. The predicted octanol–water partition coefficient (Wildman–Crippen LogP) is 2.58. The van der Waals surface area contributed by atoms with E-state index in [0.717, 1.165) is 22.3 Å². The van der Waals surface area contributed by atoms with Crippen molar-refractivity contribution in [1.29, 1.82) is 0 Å². The van der Waals surface area contributed by atoms with Gasteiger partial charge in [0.15, 0.2) is 11.5 Å². The third kappa shape index (κ3) is 5.30. The van der Waals surface area contributed by atoms with Crippen LogP contribution in [0.1, 0.15) is 16.1 Å². The van der Waals surface area contributed by atoms with Crippen LogP contribution < -0.4 is 10.6 Å². The van der Waals surface area contributed by atoms with Gasteiger partial charge in [0, 0.05) is 23.2 Å². The molecule has 0 saturated heterocycles. The lowest BCUT2D eigenvalue weighted by atomic mass is 10.2. The van der Waals surface area contributed by atoms with Crippen molar-refractivity contribution in [2.45, 2.75) is 6.92 Å². The summed E-state index contributed by atoms with van der Waals surface area (Å²) in [6, 6.07) is 9.34. The van der Waals surface area contributed by atoms with Gasteiger partial charge in [-0.2, -0.15) is 0 Å². The number of hydrogen-bond acceptors (Lipinski definition) is 5. The van der Waals surface area contributed by atoms with Crippen molar-refractivity contribution < 1.29 is 4.79 Å². The Bertz CT molecular complexity index is 673. The van der Waals surface area contributed by atoms with Gasteiger partial charge in [0.2, 0.25) is 0 Å². The molecule has 0 aliphatic heterocycles. The van der Waals surface area contributed by atoms with E-state index in [1.165, 1.54) is 0 Å². The number of aryl methyl sites for hydroxylation is 1. The van der Waals surface area contributed by atoms with Crippen molar-refractivity contribution in [2.75, 3.05) is 32.5 Å². The molecule has 0 bridgehead atoms. The third-order valence-electron chi connectivity index (χ3n) is 3.19. The van der Waals surface area contributed by atoms with Crippen LogP contribution in [0, 0.1) is 6.92 Å². The Balaban J connectivity index is 1.97. The maximum Gasteiger partial charge on any atom is 0.271 e. The summed E-state index contributed by atoms with van der Waals surface area (Å²) in [4.78, 5) is 13.9. The number of halogens is 1. The quantitative estimate of drug-likeness (QED) is 0.809. The lowest BCUT2D eigenvalue weighted by Crippen LogP contribution is -2.31. The zero-order valence-electron chi connectivity index (χ0n) is 13.4. The number of carbonyl (C=O) groups is 1. The van der Waals surface area contributed by atoms with Gasteiger partial charge in [-0.15, -0.1) is 10.2 Å². The maximum absolute atomic E-state index is 11.9. The molecule has 1 aromatic carbocycles. The largest absolute Gasteiger partial charge is 0.349 e. The average molecular weight is 378 g/mol. The number of nitrogens with zero attached hydrogens (tertiary/aromatic N) is 3. The molecule has 0 aliphatic carbocycles. The monoisotopic (exact) mass is 377 g/mol. The van der Waals surface area contributed by atoms with Crippen LogP contribution in [0.3, 0.4) is 0 Å². The maximum atomic E-state index is 11.9. The molecule has 7 heteroatoms. The Labute approximate surface area is 144 Å². The molecule has 2 rings (SSSR count). The third-order valence-corrected chi connectivity index (χ3v) is 3.69. The van der Waals surface area contributed by atoms with E-state index < -0.39 is 0 Å². The van der Waals surface area contributed by atoms with Gasteiger partial charge in [-0.25, -0.2) is 0 Å². The van der Waals surface area contributed by atoms with Crippen molar-refractivity contribution in [1.82, 2.24) is 20.4 Å². The molecule has 0 saturated carbocycles. The number of carbonyl (C=O) groups excluding carboxylic acids is 1. The number of benzene rings is 1. The van der Waals surface area contributed by atoms with Crippen LogP contribution in [-0.4, -0.2) is 48.2 Å². The fourth-order valence-corrected chi connectivity index (χ4v) is 2.38. The average Bonchev–Trinajstić information content (AvgIpc) is 2.50. The van der Waals surface area contributed by atoms with E-state index in [0.29, 0.717) is 18.1 Å². The molecule has 1 aromatic heterocycles. The number of rotatable bonds is 6. The molecular formula is C16H20BrN5O. The van der Waals surface area contributed by atoms with Gasteiger partial charge in [0.1, 0.15) is 0 Å². The van der Waals surface area contributed by atoms with E-state index in [2.05, 4.69) is 36.8 Å². The number of anilines is 2. The molecule has 1 amide bonds. The molecule has 0 radical (unpaired) electrons. The van der Waals surface area contributed by atoms with E-state index in [1.54, 1.807) is 12.1 Å². The molecule has 0 aliphatic rings. The highest BCUT2D eigenvalue weighted by Crippen LogP contribution is 2.22. The van der Waals surface area contributed by atoms with Gasteiger partial charge >= 0.3 is 0 Å². The van der Waals surface area contributed by atoms with Gasteiger partial charge in [-0.3, -0.25) is 4.79 Å². The first-order valence-corrected chi connectivity index (χ1v) is 8.05. The van der Waals surface area contributed by atoms with Crippen molar-refractivity contribution in [3.8, 4) is 0 Å². The van der Waals surface area contributed by atoms with Gasteiger partial charge < -0.3 is 15.5 Å². The SMILES string of the molecule is Cc1cc(Br)ccc1Nc1ccc(C(=O)NCCN(C)C)nn1. The summed E-state index contributed by atoms with van der Waals surface area (Å²) in [6.07, 6.45) is 0. The zero-order chi connectivity index (χ0) is 16.8. The van der Waals surface area contributed by atoms with Crippen LogP contribution in [0.2, 0.25) is 0 Å². The predicted molar refractivity (Wildman–Crippen MR) is 95.1 cm³/mol. The lowest BCUT2D eigenvalue weighted by molar-refractivity contribution is 0.0945. The minimum atomic E-state index is -0.217. The van der Waals surface area contributed by atoms with Crippen molar-refractivity contribution in [3.63, 3.8) is 0 Å². The molecule has 2 N–H and O–H groups in total. The van der Waals surface area contributed by atoms with Gasteiger partial charge in [0.25, 0.3) is 5.91 Å². The van der Waals surface area contributed by atoms with Crippen LogP contribution in [0.4, 0.5) is 11.5 Å². The number of nitrogens with one attached hydrogen (secondary N) is 2. The van der Waals surface area contributed by atoms with Crippen molar-refractivity contribution in [2.24, 2.45) is 0 Å². The van der Waals surface area contributed by atoms with E-state index in [4.69, 9.17) is 0 Å². The summed E-state index contributed by atoms with van der Waals surface area (Å²) >= 11 is 3.43. The second-order valence-electron chi connectivity index (χ2n) is 5.45. The highest BCUT2D eigenvalue weighted by Gasteiger charge is 2.08. The number of amides is 1. The van der Waals surface area contributed by atoms with E-state index in [9.17, 15) is 4.79 Å². The van der Waals surface area contributed by atoms with E-state index in [1.807, 2.05) is 44.1 Å². The second-order valence-corrected chi connectivity index (χ2v) is 6.36. The first-order chi connectivity index (χ1) is 11.0. The zero-order valence-corrected chi connectivity index (χ0v) is 15.0. The highest BCUT2D eigenvalue weighted by molar-refractivity contribution is 9.10. The standard InChI is InChI=1S/C16H20BrN5O/c1-11-10-12(17)4-5-13(11)19-15-7-6-14(20-21-15)16(23)18-8-9-22(2)3/h4-7,10H,8-9H2,1-3H3,(H,18,23)(H,19,21). The Hall–Kier alpha value is -1.99. The number of likely N-dealkylation sites (N-methyl/N-ethyl adjacent to an activating group) is 1. The molecule has 0 fully saturated rings. The fraction of sp³-hybridized carbons (Fsp3) is 0.312. The first kappa shape index (κ1) is 17.4. The van der Waals surface area contributed by atoms with E-state index in [-0.39, 0.29) is 5.91 Å². The van der Waals surface area contributed by atoms with Crippen LogP contribution in [-0.2, 0) is 0 Å². The van der Waals surface area contributed by atoms with Crippen LogP contribution in [0.15, 0.2) is 34.8 Å². The summed E-state index contributed by atoms with van der Waals surface area (Å²) in [5.74, 6) is 0.381. The Morgan fingerprint density at radius 3 is 2.61 bits per heavy atom. The van der Waals surface area contributed by atoms with Gasteiger partial charge in [-0.05, 0) is 56.9 Å². The van der Waals surface area contributed by atoms with Crippen molar-refractivity contribution >= 4 is 33.3 Å². The Kier molecular flexibility index (Phi) is 6.06. The molecule has 1 heterocycles. The van der Waals surface area contributed by atoms with Crippen LogP contribution >= 0.6 is 15.9 Å². The van der Waals surface area contributed by atoms with E-state index >= 15 is 0 Å². The lowest BCUT2D eigenvalue weighted by Gasteiger charge is -2.10. The van der Waals surface area contributed by atoms with Crippen molar-refractivity contribution in [3.05, 3.63) is 46.1 Å². The summed E-state index contributed by atoms with van der Waals surface area (Å²) in [5, 5.41) is 14.0. The second kappa shape index (κ2) is 8.03. The molecule has 23 heavy (non-hydrogen) atoms. The minimum absolute atomic E-state index is 0.217. The first-order valence-electron chi connectivity index (χ1n) is 7.25. The Morgan fingerprint density at radius 1 is 1.22 bits per heavy atom. The Morgan fingerprint density at radius 2 is 2.00 bits per heavy atom. The fourth-order valence-electron chi connectivity index (χ4n) is 1.91. The molecular weight excluding hydrogens is 358 g/mol. The van der Waals surface area contributed by atoms with Gasteiger partial charge in [0.05, 0.1) is 0 Å². The van der Waals surface area contributed by atoms with Gasteiger partial charge in [-0.1, -0.05) is 15.9 Å². The molecule has 0 spiro atoms. The number of hydrogen-bond donors (Lipinski definition) is 2. The summed E-state index contributed by atoms with van der Waals surface area (Å²) in [6.45, 7) is 3.36. The smallest absolute Gasteiger partial charge is 0.271 e. The molecule has 0 unspecified atom stereocenters. The molecule has 0 atom stereocenters. The number of aromatic nitrogens is 2.